The molecule has 2 aromatic heterocycles. The van der Waals surface area contributed by atoms with Crippen molar-refractivity contribution in [3.63, 3.8) is 0 Å². The Morgan fingerprint density at radius 1 is 1.16 bits per heavy atom. The fourth-order valence-electron chi connectivity index (χ4n) is 2.02. The highest BCUT2D eigenvalue weighted by Crippen LogP contribution is 2.24. The van der Waals surface area contributed by atoms with Crippen LogP contribution in [0.25, 0.3) is 16.8 Å². The molecule has 1 N–H and O–H groups in total. The van der Waals surface area contributed by atoms with Gasteiger partial charge in [0.25, 0.3) is 0 Å². The minimum Gasteiger partial charge on any atom is -0.477 e. The first kappa shape index (κ1) is 11.4. The summed E-state index contributed by atoms with van der Waals surface area (Å²) in [5.74, 6) is -1.34. The Hall–Kier alpha value is -2.69. The van der Waals surface area contributed by atoms with Gasteiger partial charge < -0.3 is 5.11 Å². The smallest absolute Gasteiger partial charge is 0.352 e. The van der Waals surface area contributed by atoms with Crippen molar-refractivity contribution < 1.29 is 14.3 Å². The molecule has 1 aromatic carbocycles. The third kappa shape index (κ3) is 1.85. The van der Waals surface area contributed by atoms with Crippen LogP contribution in [0.3, 0.4) is 0 Å². The molecule has 0 radical (unpaired) electrons. The lowest BCUT2D eigenvalue weighted by molar-refractivity contribution is 0.0689. The number of carboxylic acids is 1. The van der Waals surface area contributed by atoms with Crippen LogP contribution in [0.15, 0.2) is 48.8 Å². The standard InChI is InChI=1S/C14H9FN2O2/c15-10-6-4-9(5-7-10)13-11-2-1-3-12(14(18)19)17(11)8-16-13/h1-8H,(H,18,19). The molecule has 0 aliphatic heterocycles. The molecule has 0 bridgehead atoms. The highest BCUT2D eigenvalue weighted by Gasteiger charge is 2.12. The quantitative estimate of drug-likeness (QED) is 0.767. The highest BCUT2D eigenvalue weighted by atomic mass is 19.1. The number of halogens is 1. The summed E-state index contributed by atoms with van der Waals surface area (Å²) in [4.78, 5) is 15.3. The number of hydrogen-bond donors (Lipinski definition) is 1. The number of hydrogen-bond acceptors (Lipinski definition) is 2. The zero-order chi connectivity index (χ0) is 13.4. The third-order valence-electron chi connectivity index (χ3n) is 2.91. The zero-order valence-corrected chi connectivity index (χ0v) is 9.75. The number of carbonyl (C=O) groups is 1. The number of aromatic nitrogens is 2. The predicted octanol–water partition coefficient (Wildman–Crippen LogP) is 2.84. The van der Waals surface area contributed by atoms with Crippen LogP contribution in [0.4, 0.5) is 4.39 Å². The normalized spacial score (nSPS) is 10.8. The number of rotatable bonds is 2. The Kier molecular flexibility index (Phi) is 2.52. The number of pyridine rings is 1. The van der Waals surface area contributed by atoms with Crippen LogP contribution >= 0.6 is 0 Å². The van der Waals surface area contributed by atoms with Crippen LogP contribution in [-0.2, 0) is 0 Å². The molecule has 0 spiro atoms. The lowest BCUT2D eigenvalue weighted by atomic mass is 10.1. The largest absolute Gasteiger partial charge is 0.477 e. The van der Waals surface area contributed by atoms with Gasteiger partial charge in [0.1, 0.15) is 17.8 Å². The molecular weight excluding hydrogens is 247 g/mol. The Bertz CT molecular complexity index is 763. The Morgan fingerprint density at radius 2 is 1.89 bits per heavy atom. The van der Waals surface area contributed by atoms with E-state index in [1.807, 2.05) is 0 Å². The van der Waals surface area contributed by atoms with Crippen molar-refractivity contribution in [2.45, 2.75) is 0 Å². The van der Waals surface area contributed by atoms with E-state index in [-0.39, 0.29) is 11.5 Å². The first-order valence-corrected chi connectivity index (χ1v) is 5.62. The van der Waals surface area contributed by atoms with E-state index in [2.05, 4.69) is 4.98 Å². The van der Waals surface area contributed by atoms with E-state index >= 15 is 0 Å². The van der Waals surface area contributed by atoms with Crippen LogP contribution in [0.1, 0.15) is 10.5 Å². The average Bonchev–Trinajstić information content (AvgIpc) is 2.83. The molecule has 0 aliphatic rings. The first-order valence-electron chi connectivity index (χ1n) is 5.62. The number of aromatic carboxylic acids is 1. The van der Waals surface area contributed by atoms with Crippen molar-refractivity contribution in [3.8, 4) is 11.3 Å². The van der Waals surface area contributed by atoms with Crippen LogP contribution < -0.4 is 0 Å². The fraction of sp³-hybridized carbons (Fsp3) is 0. The molecule has 0 atom stereocenters. The Balaban J connectivity index is 2.24. The minimum atomic E-state index is -1.02. The molecule has 94 valence electrons. The molecule has 0 saturated carbocycles. The molecule has 4 nitrogen and oxygen atoms in total. The molecule has 19 heavy (non-hydrogen) atoms. The van der Waals surface area contributed by atoms with E-state index in [9.17, 15) is 9.18 Å². The van der Waals surface area contributed by atoms with E-state index in [0.717, 1.165) is 5.56 Å². The van der Waals surface area contributed by atoms with Crippen LogP contribution in [0.5, 0.6) is 0 Å². The van der Waals surface area contributed by atoms with Gasteiger partial charge in [-0.2, -0.15) is 0 Å². The Morgan fingerprint density at radius 3 is 2.58 bits per heavy atom. The van der Waals surface area contributed by atoms with Gasteiger partial charge >= 0.3 is 5.97 Å². The summed E-state index contributed by atoms with van der Waals surface area (Å²) in [6, 6.07) is 10.9. The van der Waals surface area contributed by atoms with Gasteiger partial charge in [-0.15, -0.1) is 0 Å². The van der Waals surface area contributed by atoms with Crippen molar-refractivity contribution in [2.24, 2.45) is 0 Å². The molecule has 0 amide bonds. The molecule has 2 heterocycles. The monoisotopic (exact) mass is 256 g/mol. The van der Waals surface area contributed by atoms with E-state index in [4.69, 9.17) is 5.11 Å². The topological polar surface area (TPSA) is 54.6 Å². The average molecular weight is 256 g/mol. The van der Waals surface area contributed by atoms with Gasteiger partial charge in [0.05, 0.1) is 11.2 Å². The molecule has 0 unspecified atom stereocenters. The summed E-state index contributed by atoms with van der Waals surface area (Å²) in [6.45, 7) is 0. The summed E-state index contributed by atoms with van der Waals surface area (Å²) >= 11 is 0. The molecule has 0 fully saturated rings. The van der Waals surface area contributed by atoms with Crippen LogP contribution in [0.2, 0.25) is 0 Å². The van der Waals surface area contributed by atoms with Gasteiger partial charge in [-0.1, -0.05) is 6.07 Å². The van der Waals surface area contributed by atoms with E-state index in [1.54, 1.807) is 24.3 Å². The van der Waals surface area contributed by atoms with Gasteiger partial charge in [0.15, 0.2) is 0 Å². The fourth-order valence-corrected chi connectivity index (χ4v) is 2.02. The van der Waals surface area contributed by atoms with Crippen LogP contribution in [0, 0.1) is 5.82 Å². The second-order valence-electron chi connectivity index (χ2n) is 4.07. The van der Waals surface area contributed by atoms with Crippen molar-refractivity contribution in [3.05, 3.63) is 60.3 Å². The number of fused-ring (bicyclic) bond motifs is 1. The summed E-state index contributed by atoms with van der Waals surface area (Å²) in [5.41, 5.74) is 2.18. The van der Waals surface area contributed by atoms with Gasteiger partial charge in [-0.25, -0.2) is 14.2 Å². The SMILES string of the molecule is O=C(O)c1cccc2c(-c3ccc(F)cc3)ncn12. The molecule has 3 rings (SSSR count). The molecule has 0 aliphatic carbocycles. The summed E-state index contributed by atoms with van der Waals surface area (Å²) in [7, 11) is 0. The zero-order valence-electron chi connectivity index (χ0n) is 9.75. The van der Waals surface area contributed by atoms with E-state index < -0.39 is 5.97 Å². The maximum absolute atomic E-state index is 12.9. The predicted molar refractivity (Wildman–Crippen MR) is 67.5 cm³/mol. The lowest BCUT2D eigenvalue weighted by Crippen LogP contribution is -2.03. The number of carboxylic acid groups (broad SMARTS) is 1. The van der Waals surface area contributed by atoms with Gasteiger partial charge in [-0.05, 0) is 36.4 Å². The number of nitrogens with zero attached hydrogens (tertiary/aromatic N) is 2. The summed E-state index contributed by atoms with van der Waals surface area (Å²) in [5, 5.41) is 9.10. The highest BCUT2D eigenvalue weighted by molar-refractivity contribution is 5.88. The number of benzene rings is 1. The van der Waals surface area contributed by atoms with Crippen molar-refractivity contribution >= 4 is 11.5 Å². The summed E-state index contributed by atoms with van der Waals surface area (Å²) in [6.07, 6.45) is 1.46. The van der Waals surface area contributed by atoms with Gasteiger partial charge in [0.2, 0.25) is 0 Å². The minimum absolute atomic E-state index is 0.137. The Labute approximate surface area is 107 Å². The molecule has 5 heteroatoms. The van der Waals surface area contributed by atoms with Gasteiger partial charge in [0, 0.05) is 5.56 Å². The second kappa shape index (κ2) is 4.20. The molecular formula is C14H9FN2O2. The van der Waals surface area contributed by atoms with Crippen molar-refractivity contribution in [1.29, 1.82) is 0 Å². The second-order valence-corrected chi connectivity index (χ2v) is 4.07. The van der Waals surface area contributed by atoms with Gasteiger partial charge in [-0.3, -0.25) is 4.40 Å². The van der Waals surface area contributed by atoms with E-state index in [0.29, 0.717) is 11.2 Å². The van der Waals surface area contributed by atoms with Crippen LogP contribution in [-0.4, -0.2) is 20.5 Å². The van der Waals surface area contributed by atoms with Crippen molar-refractivity contribution in [2.75, 3.05) is 0 Å². The summed E-state index contributed by atoms with van der Waals surface area (Å²) < 4.78 is 14.4. The molecule has 0 saturated heterocycles. The maximum atomic E-state index is 12.9. The maximum Gasteiger partial charge on any atom is 0.352 e. The van der Waals surface area contributed by atoms with E-state index in [1.165, 1.54) is 28.9 Å². The van der Waals surface area contributed by atoms with Crippen molar-refractivity contribution in [1.82, 2.24) is 9.38 Å². The first-order chi connectivity index (χ1) is 9.16. The molecule has 3 aromatic rings. The lowest BCUT2D eigenvalue weighted by Gasteiger charge is -2.01. The third-order valence-corrected chi connectivity index (χ3v) is 2.91. The number of imidazole rings is 1.